The third kappa shape index (κ3) is 3.77. The third-order valence-electron chi connectivity index (χ3n) is 2.11. The maximum atomic E-state index is 11.9. The summed E-state index contributed by atoms with van der Waals surface area (Å²) in [6.07, 6.45) is 0.919. The molecule has 0 aliphatic carbocycles. The molecule has 1 atom stereocenters. The van der Waals surface area contributed by atoms with Gasteiger partial charge in [0, 0.05) is 6.20 Å². The highest BCUT2D eigenvalue weighted by molar-refractivity contribution is 7.89. The Morgan fingerprint density at radius 2 is 2.26 bits per heavy atom. The quantitative estimate of drug-likeness (QED) is 0.589. The average molecular weight is 311 g/mol. The van der Waals surface area contributed by atoms with Gasteiger partial charge in [0.05, 0.1) is 18.6 Å². The van der Waals surface area contributed by atoms with E-state index in [0.717, 1.165) is 19.4 Å². The first-order chi connectivity index (χ1) is 8.81. The number of aromatic amines is 1. The largest absolute Gasteiger partial charge is 0.468 e. The van der Waals surface area contributed by atoms with Crippen LogP contribution in [0, 0.1) is 0 Å². The summed E-state index contributed by atoms with van der Waals surface area (Å²) < 4.78 is 30.0. The molecule has 1 unspecified atom stereocenters. The summed E-state index contributed by atoms with van der Waals surface area (Å²) >= 11 is 5.50. The van der Waals surface area contributed by atoms with Gasteiger partial charge in [-0.15, -0.1) is 0 Å². The molecule has 3 N–H and O–H groups in total. The van der Waals surface area contributed by atoms with Crippen molar-refractivity contribution in [1.29, 1.82) is 0 Å². The van der Waals surface area contributed by atoms with Crippen molar-refractivity contribution >= 4 is 27.6 Å². The van der Waals surface area contributed by atoms with Crippen molar-refractivity contribution in [2.75, 3.05) is 13.7 Å². The molecule has 0 radical (unpaired) electrons. The number of sulfonamides is 1. The average Bonchev–Trinajstić information content (AvgIpc) is 2.38. The number of aliphatic hydroxyl groups is 1. The van der Waals surface area contributed by atoms with Gasteiger partial charge in [-0.2, -0.15) is 4.72 Å². The zero-order valence-electron chi connectivity index (χ0n) is 9.71. The number of hydrogen-bond donors (Lipinski definition) is 3. The minimum Gasteiger partial charge on any atom is -0.468 e. The molecule has 106 valence electrons. The SMILES string of the molecule is COC(=O)C(CO)NS(=O)(=O)c1c[nH]c(=O)c(Cl)c1. The van der Waals surface area contributed by atoms with E-state index >= 15 is 0 Å². The van der Waals surface area contributed by atoms with Crippen LogP contribution in [0.15, 0.2) is 22.0 Å². The number of aromatic nitrogens is 1. The molecule has 0 fully saturated rings. The van der Waals surface area contributed by atoms with Gasteiger partial charge in [0.1, 0.15) is 11.1 Å². The molecule has 0 saturated carbocycles. The van der Waals surface area contributed by atoms with Gasteiger partial charge < -0.3 is 14.8 Å². The number of carbonyl (C=O) groups is 1. The number of halogens is 1. The standard InChI is InChI=1S/C9H11ClN2O6S/c1-18-9(15)7(4-13)12-19(16,17)5-2-6(10)8(14)11-3-5/h2-3,7,12-13H,4H2,1H3,(H,11,14). The summed E-state index contributed by atoms with van der Waals surface area (Å²) in [5, 5.41) is 8.61. The van der Waals surface area contributed by atoms with Crippen LogP contribution in [0.25, 0.3) is 0 Å². The van der Waals surface area contributed by atoms with Crippen LogP contribution in [0.5, 0.6) is 0 Å². The van der Waals surface area contributed by atoms with E-state index in [2.05, 4.69) is 9.72 Å². The van der Waals surface area contributed by atoms with Crippen molar-refractivity contribution in [2.24, 2.45) is 0 Å². The van der Waals surface area contributed by atoms with Crippen LogP contribution in [0.3, 0.4) is 0 Å². The maximum absolute atomic E-state index is 11.9. The molecular formula is C9H11ClN2O6S. The monoisotopic (exact) mass is 310 g/mol. The number of carbonyl (C=O) groups excluding carboxylic acids is 1. The molecule has 0 amide bonds. The number of aliphatic hydroxyl groups excluding tert-OH is 1. The molecule has 1 rings (SSSR count). The fourth-order valence-electron chi connectivity index (χ4n) is 1.15. The van der Waals surface area contributed by atoms with Crippen molar-refractivity contribution in [3.63, 3.8) is 0 Å². The fourth-order valence-corrected chi connectivity index (χ4v) is 2.56. The summed E-state index contributed by atoms with van der Waals surface area (Å²) in [5.41, 5.74) is -0.646. The molecular weight excluding hydrogens is 300 g/mol. The first-order valence-corrected chi connectivity index (χ1v) is 6.77. The maximum Gasteiger partial charge on any atom is 0.326 e. The zero-order valence-corrected chi connectivity index (χ0v) is 11.3. The summed E-state index contributed by atoms with van der Waals surface area (Å²) in [4.78, 5) is 24.0. The molecule has 10 heteroatoms. The lowest BCUT2D eigenvalue weighted by Gasteiger charge is -2.14. The van der Waals surface area contributed by atoms with Crippen molar-refractivity contribution in [3.8, 4) is 0 Å². The Morgan fingerprint density at radius 1 is 1.63 bits per heavy atom. The normalized spacial score (nSPS) is 13.0. The predicted molar refractivity (Wildman–Crippen MR) is 65.3 cm³/mol. The number of methoxy groups -OCH3 is 1. The van der Waals surface area contributed by atoms with E-state index in [-0.39, 0.29) is 9.92 Å². The van der Waals surface area contributed by atoms with Gasteiger partial charge in [0.2, 0.25) is 10.0 Å². The molecule has 0 saturated heterocycles. The summed E-state index contributed by atoms with van der Waals surface area (Å²) in [5.74, 6) is -0.943. The van der Waals surface area contributed by atoms with Gasteiger partial charge >= 0.3 is 5.97 Å². The Hall–Kier alpha value is -1.42. The molecule has 1 aromatic rings. The van der Waals surface area contributed by atoms with Gasteiger partial charge in [-0.25, -0.2) is 8.42 Å². The predicted octanol–water partition coefficient (Wildman–Crippen LogP) is -1.16. The van der Waals surface area contributed by atoms with Crippen LogP contribution in [-0.4, -0.2) is 44.2 Å². The number of esters is 1. The zero-order chi connectivity index (χ0) is 14.6. The van der Waals surface area contributed by atoms with E-state index in [1.54, 1.807) is 0 Å². The number of ether oxygens (including phenoxy) is 1. The molecule has 19 heavy (non-hydrogen) atoms. The molecule has 1 heterocycles. The van der Waals surface area contributed by atoms with Crippen LogP contribution in [0.4, 0.5) is 0 Å². The van der Waals surface area contributed by atoms with Gasteiger partial charge in [0.25, 0.3) is 5.56 Å². The fraction of sp³-hybridized carbons (Fsp3) is 0.333. The van der Waals surface area contributed by atoms with E-state index in [4.69, 9.17) is 16.7 Å². The minimum atomic E-state index is -4.13. The van der Waals surface area contributed by atoms with Crippen LogP contribution < -0.4 is 10.3 Å². The van der Waals surface area contributed by atoms with Crippen molar-refractivity contribution in [3.05, 3.63) is 27.6 Å². The highest BCUT2D eigenvalue weighted by Crippen LogP contribution is 2.11. The van der Waals surface area contributed by atoms with Crippen LogP contribution in [0.1, 0.15) is 0 Å². The van der Waals surface area contributed by atoms with Crippen LogP contribution in [-0.2, 0) is 19.6 Å². The number of pyridine rings is 1. The molecule has 0 spiro atoms. The molecule has 1 aromatic heterocycles. The first kappa shape index (κ1) is 15.6. The van der Waals surface area contributed by atoms with Crippen molar-refractivity contribution in [2.45, 2.75) is 10.9 Å². The topological polar surface area (TPSA) is 126 Å². The number of nitrogens with one attached hydrogen (secondary N) is 2. The van der Waals surface area contributed by atoms with Gasteiger partial charge in [-0.1, -0.05) is 11.6 Å². The second-order valence-corrected chi connectivity index (χ2v) is 5.51. The number of H-pyrrole nitrogens is 1. The van der Waals surface area contributed by atoms with E-state index in [1.807, 2.05) is 4.72 Å². The van der Waals surface area contributed by atoms with Gasteiger partial charge in [0.15, 0.2) is 0 Å². The molecule has 0 bridgehead atoms. The van der Waals surface area contributed by atoms with E-state index in [1.165, 1.54) is 0 Å². The van der Waals surface area contributed by atoms with Crippen LogP contribution >= 0.6 is 11.6 Å². The highest BCUT2D eigenvalue weighted by Gasteiger charge is 2.26. The summed E-state index contributed by atoms with van der Waals surface area (Å²) in [6, 6.07) is -0.519. The first-order valence-electron chi connectivity index (χ1n) is 4.91. The lowest BCUT2D eigenvalue weighted by atomic mass is 10.3. The summed E-state index contributed by atoms with van der Waals surface area (Å²) in [7, 11) is -3.08. The van der Waals surface area contributed by atoms with Crippen molar-refractivity contribution < 1.29 is 23.1 Å². The second-order valence-electron chi connectivity index (χ2n) is 3.39. The Kier molecular flexibility index (Phi) is 5.06. The smallest absolute Gasteiger partial charge is 0.326 e. The number of hydrogen-bond acceptors (Lipinski definition) is 6. The Morgan fingerprint density at radius 3 is 2.74 bits per heavy atom. The third-order valence-corrected chi connectivity index (χ3v) is 3.84. The van der Waals surface area contributed by atoms with E-state index in [9.17, 15) is 18.0 Å². The lowest BCUT2D eigenvalue weighted by Crippen LogP contribution is -2.44. The minimum absolute atomic E-state index is 0.318. The molecule has 0 aromatic carbocycles. The van der Waals surface area contributed by atoms with E-state index in [0.29, 0.717) is 0 Å². The Labute approximate surface area is 113 Å². The molecule has 8 nitrogen and oxygen atoms in total. The second kappa shape index (κ2) is 6.15. The van der Waals surface area contributed by atoms with Crippen LogP contribution in [0.2, 0.25) is 5.02 Å². The Balaban J connectivity index is 3.07. The molecule has 0 aliphatic rings. The summed E-state index contributed by atoms with van der Waals surface area (Å²) in [6.45, 7) is -0.775. The molecule has 0 aliphatic heterocycles. The van der Waals surface area contributed by atoms with Gasteiger partial charge in [-0.3, -0.25) is 9.59 Å². The lowest BCUT2D eigenvalue weighted by molar-refractivity contribution is -0.143. The van der Waals surface area contributed by atoms with Crippen molar-refractivity contribution in [1.82, 2.24) is 9.71 Å². The highest BCUT2D eigenvalue weighted by atomic mass is 35.5. The van der Waals surface area contributed by atoms with Gasteiger partial charge in [-0.05, 0) is 6.07 Å². The number of rotatable bonds is 5. The van der Waals surface area contributed by atoms with E-state index < -0.39 is 34.2 Å². The Bertz CT molecular complexity index is 626.